The number of anilines is 2. The zero-order valence-electron chi connectivity index (χ0n) is 11.3. The average Bonchev–Trinajstić information content (AvgIpc) is 2.92. The summed E-state index contributed by atoms with van der Waals surface area (Å²) in [5.41, 5.74) is 6.83. The number of esters is 1. The Balaban J connectivity index is 2.30. The number of ether oxygens (including phenoxy) is 2. The van der Waals surface area contributed by atoms with Gasteiger partial charge in [0.1, 0.15) is 5.82 Å². The van der Waals surface area contributed by atoms with Crippen LogP contribution in [-0.2, 0) is 9.47 Å². The zero-order valence-corrected chi connectivity index (χ0v) is 11.3. The van der Waals surface area contributed by atoms with E-state index in [1.54, 1.807) is 19.2 Å². The molecular formula is C13H19N3O3. The molecule has 1 aliphatic heterocycles. The summed E-state index contributed by atoms with van der Waals surface area (Å²) in [5, 5.41) is 0. The molecule has 0 saturated carbocycles. The number of nitrogen functional groups attached to an aromatic ring is 1. The number of hydrogen-bond donors (Lipinski definition) is 1. The summed E-state index contributed by atoms with van der Waals surface area (Å²) in [4.78, 5) is 18.0. The maximum absolute atomic E-state index is 12.0. The second-order valence-corrected chi connectivity index (χ2v) is 4.48. The van der Waals surface area contributed by atoms with Crippen molar-refractivity contribution in [2.45, 2.75) is 19.4 Å². The molecule has 6 heteroatoms. The Morgan fingerprint density at radius 1 is 1.68 bits per heavy atom. The van der Waals surface area contributed by atoms with Crippen LogP contribution in [0.2, 0.25) is 0 Å². The summed E-state index contributed by atoms with van der Waals surface area (Å²) in [6, 6.07) is 1.80. The van der Waals surface area contributed by atoms with Crippen molar-refractivity contribution in [1.82, 2.24) is 4.98 Å². The first-order valence-electron chi connectivity index (χ1n) is 6.36. The second-order valence-electron chi connectivity index (χ2n) is 4.48. The number of nitrogens with two attached hydrogens (primary N) is 1. The highest BCUT2D eigenvalue weighted by molar-refractivity contribution is 5.96. The fourth-order valence-corrected chi connectivity index (χ4v) is 2.14. The van der Waals surface area contributed by atoms with E-state index < -0.39 is 0 Å². The molecule has 2 N–H and O–H groups in total. The molecule has 1 aromatic heterocycles. The normalized spacial score (nSPS) is 18.3. The van der Waals surface area contributed by atoms with Crippen LogP contribution >= 0.6 is 0 Å². The molecule has 0 aliphatic carbocycles. The van der Waals surface area contributed by atoms with Crippen molar-refractivity contribution in [3.8, 4) is 0 Å². The molecule has 0 amide bonds. The number of rotatable bonds is 4. The quantitative estimate of drug-likeness (QED) is 0.820. The van der Waals surface area contributed by atoms with Gasteiger partial charge in [0, 0.05) is 13.7 Å². The first-order chi connectivity index (χ1) is 9.13. The lowest BCUT2D eigenvalue weighted by atomic mass is 10.1. The van der Waals surface area contributed by atoms with Gasteiger partial charge in [-0.05, 0) is 19.4 Å². The topological polar surface area (TPSA) is 77.7 Å². The lowest BCUT2D eigenvalue weighted by Gasteiger charge is -2.26. The monoisotopic (exact) mass is 265 g/mol. The highest BCUT2D eigenvalue weighted by Gasteiger charge is 2.25. The van der Waals surface area contributed by atoms with E-state index in [9.17, 15) is 4.79 Å². The molecule has 1 unspecified atom stereocenters. The van der Waals surface area contributed by atoms with Gasteiger partial charge in [-0.1, -0.05) is 0 Å². The molecule has 0 bridgehead atoms. The molecule has 0 spiro atoms. The van der Waals surface area contributed by atoms with E-state index in [2.05, 4.69) is 4.98 Å². The number of likely N-dealkylation sites (N-methyl/N-ethyl adjacent to an activating group) is 1. The van der Waals surface area contributed by atoms with E-state index in [1.807, 2.05) is 11.9 Å². The smallest absolute Gasteiger partial charge is 0.340 e. The van der Waals surface area contributed by atoms with Crippen LogP contribution in [-0.4, -0.2) is 43.9 Å². The molecule has 6 nitrogen and oxygen atoms in total. The van der Waals surface area contributed by atoms with E-state index in [-0.39, 0.29) is 12.0 Å². The number of hydrogen-bond acceptors (Lipinski definition) is 6. The SMILES string of the molecule is CCOC(=O)c1cc(N)ncc1N(C)C1CCOC1. The van der Waals surface area contributed by atoms with Crippen LogP contribution in [0.1, 0.15) is 23.7 Å². The van der Waals surface area contributed by atoms with Gasteiger partial charge in [0.2, 0.25) is 0 Å². The summed E-state index contributed by atoms with van der Waals surface area (Å²) < 4.78 is 10.4. The Hall–Kier alpha value is -1.82. The average molecular weight is 265 g/mol. The molecule has 0 aromatic carbocycles. The number of nitrogens with zero attached hydrogens (tertiary/aromatic N) is 2. The van der Waals surface area contributed by atoms with Crippen LogP contribution in [0, 0.1) is 0 Å². The van der Waals surface area contributed by atoms with Gasteiger partial charge in [-0.25, -0.2) is 9.78 Å². The Bertz CT molecular complexity index is 458. The molecule has 19 heavy (non-hydrogen) atoms. The molecule has 2 heterocycles. The molecule has 104 valence electrons. The fraction of sp³-hybridized carbons (Fsp3) is 0.538. The van der Waals surface area contributed by atoms with Crippen LogP contribution in [0.4, 0.5) is 11.5 Å². The molecule has 1 aliphatic rings. The molecule has 1 saturated heterocycles. The van der Waals surface area contributed by atoms with Gasteiger partial charge in [0.25, 0.3) is 0 Å². The van der Waals surface area contributed by atoms with Crippen LogP contribution in [0.25, 0.3) is 0 Å². The van der Waals surface area contributed by atoms with Gasteiger partial charge in [-0.3, -0.25) is 0 Å². The molecule has 0 radical (unpaired) electrons. The Labute approximate surface area is 112 Å². The van der Waals surface area contributed by atoms with E-state index in [0.29, 0.717) is 24.6 Å². The summed E-state index contributed by atoms with van der Waals surface area (Å²) in [6.07, 6.45) is 2.54. The number of carbonyl (C=O) groups is 1. The summed E-state index contributed by atoms with van der Waals surface area (Å²) >= 11 is 0. The predicted octanol–water partition coefficient (Wildman–Crippen LogP) is 1.07. The molecule has 2 rings (SSSR count). The second kappa shape index (κ2) is 5.88. The third-order valence-electron chi connectivity index (χ3n) is 3.23. The van der Waals surface area contributed by atoms with Crippen molar-refractivity contribution in [3.63, 3.8) is 0 Å². The minimum absolute atomic E-state index is 0.249. The van der Waals surface area contributed by atoms with Crippen molar-refractivity contribution in [2.75, 3.05) is 37.5 Å². The summed E-state index contributed by atoms with van der Waals surface area (Å²) in [5.74, 6) is -0.0692. The van der Waals surface area contributed by atoms with Gasteiger partial charge in [-0.2, -0.15) is 0 Å². The van der Waals surface area contributed by atoms with Crippen molar-refractivity contribution < 1.29 is 14.3 Å². The zero-order chi connectivity index (χ0) is 13.8. The fourth-order valence-electron chi connectivity index (χ4n) is 2.14. The van der Waals surface area contributed by atoms with E-state index in [0.717, 1.165) is 18.7 Å². The van der Waals surface area contributed by atoms with Crippen LogP contribution < -0.4 is 10.6 Å². The van der Waals surface area contributed by atoms with E-state index >= 15 is 0 Å². The van der Waals surface area contributed by atoms with Gasteiger partial charge in [-0.15, -0.1) is 0 Å². The van der Waals surface area contributed by atoms with Gasteiger partial charge < -0.3 is 20.1 Å². The third-order valence-corrected chi connectivity index (χ3v) is 3.23. The van der Waals surface area contributed by atoms with E-state index in [4.69, 9.17) is 15.2 Å². The summed E-state index contributed by atoms with van der Waals surface area (Å²) in [6.45, 7) is 3.50. The van der Waals surface area contributed by atoms with Crippen LogP contribution in [0.15, 0.2) is 12.3 Å². The van der Waals surface area contributed by atoms with Gasteiger partial charge in [0.15, 0.2) is 0 Å². The maximum atomic E-state index is 12.0. The standard InChI is InChI=1S/C13H19N3O3/c1-3-19-13(17)10-6-12(14)15-7-11(10)16(2)9-4-5-18-8-9/h6-7,9H,3-5,8H2,1-2H3,(H2,14,15). The number of carbonyl (C=O) groups excluding carboxylic acids is 1. The highest BCUT2D eigenvalue weighted by atomic mass is 16.5. The number of pyridine rings is 1. The van der Waals surface area contributed by atoms with Crippen molar-refractivity contribution in [3.05, 3.63) is 17.8 Å². The van der Waals surface area contributed by atoms with Gasteiger partial charge >= 0.3 is 5.97 Å². The maximum Gasteiger partial charge on any atom is 0.340 e. The highest BCUT2D eigenvalue weighted by Crippen LogP contribution is 2.25. The third kappa shape index (κ3) is 2.96. The predicted molar refractivity (Wildman–Crippen MR) is 72.2 cm³/mol. The molecule has 1 aromatic rings. The Morgan fingerprint density at radius 2 is 2.47 bits per heavy atom. The van der Waals surface area contributed by atoms with E-state index in [1.165, 1.54) is 0 Å². The summed E-state index contributed by atoms with van der Waals surface area (Å²) in [7, 11) is 1.93. The Morgan fingerprint density at radius 3 is 3.11 bits per heavy atom. The van der Waals surface area contributed by atoms with Crippen molar-refractivity contribution in [1.29, 1.82) is 0 Å². The lowest BCUT2D eigenvalue weighted by molar-refractivity contribution is 0.0527. The molecular weight excluding hydrogens is 246 g/mol. The van der Waals surface area contributed by atoms with Gasteiger partial charge in [0.05, 0.1) is 36.7 Å². The largest absolute Gasteiger partial charge is 0.462 e. The van der Waals surface area contributed by atoms with Crippen molar-refractivity contribution in [2.24, 2.45) is 0 Å². The minimum atomic E-state index is -0.377. The first kappa shape index (κ1) is 13.6. The van der Waals surface area contributed by atoms with Crippen molar-refractivity contribution >= 4 is 17.5 Å². The molecule has 1 atom stereocenters. The molecule has 1 fully saturated rings. The van der Waals surface area contributed by atoms with Crippen LogP contribution in [0.3, 0.4) is 0 Å². The number of aromatic nitrogens is 1. The lowest BCUT2D eigenvalue weighted by Crippen LogP contribution is -2.33. The first-order valence-corrected chi connectivity index (χ1v) is 6.36. The Kier molecular flexibility index (Phi) is 4.21. The van der Waals surface area contributed by atoms with Crippen LogP contribution in [0.5, 0.6) is 0 Å². The minimum Gasteiger partial charge on any atom is -0.462 e.